The molecule has 2 aromatic heterocycles. The van der Waals surface area contributed by atoms with Crippen LogP contribution in [0, 0.1) is 19.7 Å². The van der Waals surface area contributed by atoms with Gasteiger partial charge in [0.25, 0.3) is 0 Å². The Kier molecular flexibility index (Phi) is 6.89. The fourth-order valence-electron chi connectivity index (χ4n) is 3.82. The smallest absolute Gasteiger partial charge is 0.192 e. The summed E-state index contributed by atoms with van der Waals surface area (Å²) in [5.74, 6) is 0.621. The maximum Gasteiger partial charge on any atom is 0.192 e. The zero-order chi connectivity index (χ0) is 23.4. The molecule has 4 rings (SSSR count). The first-order valence-electron chi connectivity index (χ1n) is 10.6. The summed E-state index contributed by atoms with van der Waals surface area (Å²) >= 11 is 1.36. The van der Waals surface area contributed by atoms with Gasteiger partial charge in [-0.25, -0.2) is 4.39 Å². The second kappa shape index (κ2) is 10.0. The number of carbonyl (C=O) groups excluding carboxylic acids is 1. The fourth-order valence-corrected chi connectivity index (χ4v) is 4.64. The van der Waals surface area contributed by atoms with Gasteiger partial charge in [-0.05, 0) is 49.7 Å². The first-order valence-corrected chi connectivity index (χ1v) is 11.6. The molecule has 0 radical (unpaired) electrons. The molecule has 0 saturated carbocycles. The summed E-state index contributed by atoms with van der Waals surface area (Å²) in [6.45, 7) is 8.96. The van der Waals surface area contributed by atoms with Crippen molar-refractivity contribution in [3.05, 3.63) is 102 Å². The Balaban J connectivity index is 1.61. The van der Waals surface area contributed by atoms with E-state index >= 15 is 0 Å². The maximum atomic E-state index is 13.4. The van der Waals surface area contributed by atoms with E-state index in [9.17, 15) is 9.18 Å². The number of benzene rings is 2. The molecule has 0 aliphatic heterocycles. The van der Waals surface area contributed by atoms with Crippen LogP contribution in [0.3, 0.4) is 0 Å². The third kappa shape index (κ3) is 4.98. The van der Waals surface area contributed by atoms with Crippen LogP contribution >= 0.6 is 11.8 Å². The topological polar surface area (TPSA) is 52.7 Å². The Labute approximate surface area is 197 Å². The lowest BCUT2D eigenvalue weighted by Gasteiger charge is -2.11. The van der Waals surface area contributed by atoms with Gasteiger partial charge in [0.2, 0.25) is 0 Å². The molecule has 0 amide bonds. The van der Waals surface area contributed by atoms with Gasteiger partial charge < -0.3 is 4.57 Å². The highest BCUT2D eigenvalue weighted by molar-refractivity contribution is 7.99. The summed E-state index contributed by atoms with van der Waals surface area (Å²) in [5, 5.41) is 9.37. The van der Waals surface area contributed by atoms with Crippen LogP contribution in [0.4, 0.5) is 4.39 Å². The summed E-state index contributed by atoms with van der Waals surface area (Å²) in [6, 6.07) is 18.1. The van der Waals surface area contributed by atoms with Crippen molar-refractivity contribution in [2.75, 3.05) is 5.75 Å². The van der Waals surface area contributed by atoms with E-state index in [0.717, 1.165) is 28.1 Å². The van der Waals surface area contributed by atoms with Crippen LogP contribution in [0.2, 0.25) is 0 Å². The van der Waals surface area contributed by atoms with Gasteiger partial charge in [-0.1, -0.05) is 48.2 Å². The molecule has 168 valence electrons. The van der Waals surface area contributed by atoms with Gasteiger partial charge >= 0.3 is 0 Å². The van der Waals surface area contributed by atoms with Gasteiger partial charge in [0.15, 0.2) is 16.8 Å². The molecule has 0 bridgehead atoms. The summed E-state index contributed by atoms with van der Waals surface area (Å²) in [5.41, 5.74) is 4.55. The van der Waals surface area contributed by atoms with Gasteiger partial charge in [0, 0.05) is 29.1 Å². The van der Waals surface area contributed by atoms with E-state index in [1.165, 1.54) is 23.9 Å². The van der Waals surface area contributed by atoms with Crippen molar-refractivity contribution in [3.8, 4) is 11.4 Å². The molecule has 0 N–H and O–H groups in total. The van der Waals surface area contributed by atoms with E-state index in [1.54, 1.807) is 12.1 Å². The Morgan fingerprint density at radius 3 is 2.48 bits per heavy atom. The van der Waals surface area contributed by atoms with Crippen LogP contribution in [-0.4, -0.2) is 30.9 Å². The maximum absolute atomic E-state index is 13.4. The number of rotatable bonds is 9. The average molecular weight is 461 g/mol. The van der Waals surface area contributed by atoms with Gasteiger partial charge in [-0.2, -0.15) is 0 Å². The van der Waals surface area contributed by atoms with Gasteiger partial charge in [-0.15, -0.1) is 16.8 Å². The Morgan fingerprint density at radius 2 is 1.79 bits per heavy atom. The van der Waals surface area contributed by atoms with Crippen LogP contribution in [-0.2, 0) is 13.1 Å². The number of carbonyl (C=O) groups is 1. The number of halogens is 1. The third-order valence-electron chi connectivity index (χ3n) is 5.52. The molecule has 0 saturated heterocycles. The minimum atomic E-state index is -0.304. The monoisotopic (exact) mass is 460 g/mol. The molecule has 7 heteroatoms. The zero-order valence-electron chi connectivity index (χ0n) is 18.7. The summed E-state index contributed by atoms with van der Waals surface area (Å²) in [7, 11) is 0. The molecule has 0 aliphatic rings. The van der Waals surface area contributed by atoms with E-state index in [4.69, 9.17) is 0 Å². The minimum absolute atomic E-state index is 0.0426. The summed E-state index contributed by atoms with van der Waals surface area (Å²) < 4.78 is 17.5. The third-order valence-corrected chi connectivity index (χ3v) is 6.49. The molecular weight excluding hydrogens is 435 g/mol. The molecule has 2 heterocycles. The zero-order valence-corrected chi connectivity index (χ0v) is 19.5. The Bertz CT molecular complexity index is 1280. The lowest BCUT2D eigenvalue weighted by atomic mass is 10.2. The second-order valence-corrected chi connectivity index (χ2v) is 8.72. The first-order chi connectivity index (χ1) is 16.0. The van der Waals surface area contributed by atoms with E-state index in [0.29, 0.717) is 24.1 Å². The van der Waals surface area contributed by atoms with E-state index < -0.39 is 0 Å². The number of hydrogen-bond donors (Lipinski definition) is 0. The SMILES string of the molecule is C=CCn1c(C)cc(C(=O)CSc2nnc(-c3ccc(F)cc3)n2Cc2ccccc2)c1C. The minimum Gasteiger partial charge on any atom is -0.345 e. The molecule has 0 unspecified atom stereocenters. The van der Waals surface area contributed by atoms with Gasteiger partial charge in [0.05, 0.1) is 12.3 Å². The van der Waals surface area contributed by atoms with Crippen LogP contribution in [0.5, 0.6) is 0 Å². The standard InChI is InChI=1S/C26H25FN4OS/c1-4-14-30-18(2)15-23(19(30)3)24(32)17-33-26-29-28-25(21-10-12-22(27)13-11-21)31(26)16-20-8-6-5-7-9-20/h4-13,15H,1,14,16-17H2,2-3H3. The highest BCUT2D eigenvalue weighted by Gasteiger charge is 2.19. The number of thioether (sulfide) groups is 1. The van der Waals surface area contributed by atoms with Crippen molar-refractivity contribution >= 4 is 17.5 Å². The number of ketones is 1. The number of Topliss-reactive ketones (excluding diaryl/α,β-unsaturated/α-hetero) is 1. The van der Waals surface area contributed by atoms with E-state index in [-0.39, 0.29) is 17.4 Å². The predicted octanol–water partition coefficient (Wildman–Crippen LogP) is 5.71. The number of aromatic nitrogens is 4. The van der Waals surface area contributed by atoms with Gasteiger partial charge in [-0.3, -0.25) is 9.36 Å². The first kappa shape index (κ1) is 22.7. The van der Waals surface area contributed by atoms with Crippen LogP contribution in [0.15, 0.2) is 78.5 Å². The summed E-state index contributed by atoms with van der Waals surface area (Å²) in [4.78, 5) is 13.0. The van der Waals surface area contributed by atoms with Crippen LogP contribution in [0.25, 0.3) is 11.4 Å². The molecule has 5 nitrogen and oxygen atoms in total. The van der Waals surface area contributed by atoms with Crippen molar-refractivity contribution in [3.63, 3.8) is 0 Å². The molecule has 2 aromatic carbocycles. The average Bonchev–Trinajstić information content (AvgIpc) is 3.34. The lowest BCUT2D eigenvalue weighted by Crippen LogP contribution is -2.08. The molecule has 0 atom stereocenters. The number of nitrogens with zero attached hydrogens (tertiary/aromatic N) is 4. The van der Waals surface area contributed by atoms with Crippen molar-refractivity contribution < 1.29 is 9.18 Å². The fraction of sp³-hybridized carbons (Fsp3) is 0.192. The predicted molar refractivity (Wildman–Crippen MR) is 130 cm³/mol. The van der Waals surface area contributed by atoms with E-state index in [2.05, 4.69) is 21.3 Å². The Morgan fingerprint density at radius 1 is 1.06 bits per heavy atom. The van der Waals surface area contributed by atoms with Crippen molar-refractivity contribution in [2.45, 2.75) is 32.1 Å². The van der Waals surface area contributed by atoms with E-state index in [1.807, 2.05) is 60.9 Å². The van der Waals surface area contributed by atoms with Crippen molar-refractivity contribution in [2.24, 2.45) is 0 Å². The summed E-state index contributed by atoms with van der Waals surface area (Å²) in [6.07, 6.45) is 1.83. The highest BCUT2D eigenvalue weighted by atomic mass is 32.2. The lowest BCUT2D eigenvalue weighted by molar-refractivity contribution is 0.102. The Hall–Kier alpha value is -3.45. The molecule has 33 heavy (non-hydrogen) atoms. The molecule has 0 aliphatic carbocycles. The van der Waals surface area contributed by atoms with Crippen LogP contribution in [0.1, 0.15) is 27.3 Å². The highest BCUT2D eigenvalue weighted by Crippen LogP contribution is 2.27. The number of allylic oxidation sites excluding steroid dienone is 1. The normalized spacial score (nSPS) is 11.0. The number of hydrogen-bond acceptors (Lipinski definition) is 4. The molecule has 0 spiro atoms. The molecule has 0 fully saturated rings. The van der Waals surface area contributed by atoms with Crippen molar-refractivity contribution in [1.82, 2.24) is 19.3 Å². The van der Waals surface area contributed by atoms with Gasteiger partial charge in [0.1, 0.15) is 5.82 Å². The van der Waals surface area contributed by atoms with Crippen molar-refractivity contribution in [1.29, 1.82) is 0 Å². The quantitative estimate of drug-likeness (QED) is 0.182. The second-order valence-electron chi connectivity index (χ2n) is 7.78. The molecule has 4 aromatic rings. The van der Waals surface area contributed by atoms with Crippen LogP contribution < -0.4 is 0 Å². The largest absolute Gasteiger partial charge is 0.345 e. The number of aryl methyl sites for hydroxylation is 1. The molecular formula is C26H25FN4OS.